The predicted octanol–water partition coefficient (Wildman–Crippen LogP) is 1.22. The zero-order valence-corrected chi connectivity index (χ0v) is 9.98. The van der Waals surface area contributed by atoms with Crippen LogP contribution in [0.4, 0.5) is 0 Å². The largest absolute Gasteiger partial charge is 0.378 e. The minimum Gasteiger partial charge on any atom is -0.378 e. The second kappa shape index (κ2) is 4.42. The van der Waals surface area contributed by atoms with Gasteiger partial charge in [-0.3, -0.25) is 9.89 Å². The van der Waals surface area contributed by atoms with E-state index in [9.17, 15) is 4.79 Å². The Morgan fingerprint density at radius 2 is 2.17 bits per heavy atom. The minimum absolute atomic E-state index is 0.0420. The molecule has 2 heterocycles. The molecular weight excluding hydrogens is 230 g/mol. The lowest BCUT2D eigenvalue weighted by Gasteiger charge is -2.26. The highest BCUT2D eigenvalue weighted by Crippen LogP contribution is 2.18. The molecule has 0 bridgehead atoms. The number of benzene rings is 1. The van der Waals surface area contributed by atoms with Gasteiger partial charge in [-0.2, -0.15) is 5.10 Å². The van der Waals surface area contributed by atoms with Gasteiger partial charge in [-0.15, -0.1) is 0 Å². The van der Waals surface area contributed by atoms with Crippen molar-refractivity contribution in [2.24, 2.45) is 0 Å². The van der Waals surface area contributed by atoms with Crippen molar-refractivity contribution in [3.8, 4) is 0 Å². The van der Waals surface area contributed by atoms with E-state index >= 15 is 0 Å². The van der Waals surface area contributed by atoms with Crippen molar-refractivity contribution in [1.82, 2.24) is 15.1 Å². The number of rotatable bonds is 1. The topological polar surface area (TPSA) is 58.2 Å². The van der Waals surface area contributed by atoms with E-state index in [2.05, 4.69) is 17.1 Å². The Hall–Kier alpha value is -1.88. The molecule has 0 spiro atoms. The maximum absolute atomic E-state index is 12.3. The van der Waals surface area contributed by atoms with Crippen LogP contribution in [0.25, 0.3) is 10.9 Å². The molecule has 1 N–H and O–H groups in total. The fourth-order valence-corrected chi connectivity index (χ4v) is 2.16. The molecule has 1 aliphatic rings. The molecule has 2 aromatic rings. The van der Waals surface area contributed by atoms with Crippen LogP contribution >= 0.6 is 0 Å². The van der Waals surface area contributed by atoms with Crippen molar-refractivity contribution in [1.29, 1.82) is 0 Å². The number of aromatic amines is 1. The van der Waals surface area contributed by atoms with Gasteiger partial charge in [0.2, 0.25) is 0 Å². The highest BCUT2D eigenvalue weighted by molar-refractivity contribution is 5.98. The first-order valence-electron chi connectivity index (χ1n) is 5.93. The van der Waals surface area contributed by atoms with Gasteiger partial charge in [-0.05, 0) is 19.1 Å². The lowest BCUT2D eigenvalue weighted by atomic mass is 10.1. The third-order valence-electron chi connectivity index (χ3n) is 3.19. The fraction of sp³-hybridized carbons (Fsp3) is 0.308. The number of nitrogens with zero attached hydrogens (tertiary/aromatic N) is 2. The molecule has 1 radical (unpaired) electrons. The quantitative estimate of drug-likeness (QED) is 0.820. The molecule has 5 nitrogen and oxygen atoms in total. The lowest BCUT2D eigenvalue weighted by molar-refractivity contribution is 0.0303. The van der Waals surface area contributed by atoms with E-state index in [0.717, 1.165) is 10.9 Å². The standard InChI is InChI=1S/C13H14N3O2/c1-9-11-3-2-10(8-12(11)15-14-9)13(17)16-4-6-18-7-5-16/h2-3,8H,1,4-7H2,(H,14,15). The maximum Gasteiger partial charge on any atom is 0.254 e. The van der Waals surface area contributed by atoms with E-state index in [1.165, 1.54) is 0 Å². The second-order valence-electron chi connectivity index (χ2n) is 4.34. The number of hydrogen-bond acceptors (Lipinski definition) is 3. The molecule has 5 heteroatoms. The number of morpholine rings is 1. The summed E-state index contributed by atoms with van der Waals surface area (Å²) in [6.07, 6.45) is 0. The molecule has 1 saturated heterocycles. The molecule has 1 aromatic carbocycles. The number of ether oxygens (including phenoxy) is 1. The first-order chi connectivity index (χ1) is 8.75. The number of H-pyrrole nitrogens is 1. The van der Waals surface area contributed by atoms with Crippen molar-refractivity contribution in [2.45, 2.75) is 0 Å². The van der Waals surface area contributed by atoms with Crippen LogP contribution in [0, 0.1) is 6.92 Å². The number of amides is 1. The van der Waals surface area contributed by atoms with Crippen LogP contribution in [0.15, 0.2) is 18.2 Å². The van der Waals surface area contributed by atoms with Gasteiger partial charge < -0.3 is 9.64 Å². The number of fused-ring (bicyclic) bond motifs is 1. The number of carbonyl (C=O) groups excluding carboxylic acids is 1. The smallest absolute Gasteiger partial charge is 0.254 e. The Labute approximate surface area is 105 Å². The van der Waals surface area contributed by atoms with Gasteiger partial charge in [0.25, 0.3) is 5.91 Å². The Kier molecular flexibility index (Phi) is 2.76. The molecule has 1 fully saturated rings. The van der Waals surface area contributed by atoms with Crippen LogP contribution in [-0.2, 0) is 4.74 Å². The number of aromatic nitrogens is 2. The van der Waals surface area contributed by atoms with E-state index in [0.29, 0.717) is 37.6 Å². The first-order valence-corrected chi connectivity index (χ1v) is 5.93. The fourth-order valence-electron chi connectivity index (χ4n) is 2.16. The molecule has 1 aliphatic heterocycles. The zero-order valence-electron chi connectivity index (χ0n) is 9.98. The van der Waals surface area contributed by atoms with E-state index in [1.54, 1.807) is 0 Å². The van der Waals surface area contributed by atoms with Crippen LogP contribution in [0.3, 0.4) is 0 Å². The molecule has 0 aliphatic carbocycles. The molecular formula is C13H14N3O2. The first kappa shape index (κ1) is 11.2. The third-order valence-corrected chi connectivity index (χ3v) is 3.19. The van der Waals surface area contributed by atoms with Gasteiger partial charge >= 0.3 is 0 Å². The molecule has 93 valence electrons. The van der Waals surface area contributed by atoms with Crippen LogP contribution in [0.5, 0.6) is 0 Å². The summed E-state index contributed by atoms with van der Waals surface area (Å²) in [5.74, 6) is 0.0420. The van der Waals surface area contributed by atoms with Gasteiger partial charge in [0.15, 0.2) is 0 Å². The Morgan fingerprint density at radius 1 is 1.39 bits per heavy atom. The summed E-state index contributed by atoms with van der Waals surface area (Å²) < 4.78 is 5.24. The van der Waals surface area contributed by atoms with Crippen molar-refractivity contribution in [3.05, 3.63) is 36.4 Å². The summed E-state index contributed by atoms with van der Waals surface area (Å²) in [5, 5.41) is 7.86. The summed E-state index contributed by atoms with van der Waals surface area (Å²) in [6.45, 7) is 6.35. The number of nitrogens with one attached hydrogen (secondary N) is 1. The molecule has 0 atom stereocenters. The van der Waals surface area contributed by atoms with E-state index in [1.807, 2.05) is 23.1 Å². The summed E-state index contributed by atoms with van der Waals surface area (Å²) in [5.41, 5.74) is 2.22. The minimum atomic E-state index is 0.0420. The van der Waals surface area contributed by atoms with Gasteiger partial charge in [0.05, 0.1) is 24.4 Å². The van der Waals surface area contributed by atoms with Crippen LogP contribution in [0.2, 0.25) is 0 Å². The summed E-state index contributed by atoms with van der Waals surface area (Å²) in [4.78, 5) is 14.1. The van der Waals surface area contributed by atoms with Crippen molar-refractivity contribution in [3.63, 3.8) is 0 Å². The molecule has 1 amide bonds. The highest BCUT2D eigenvalue weighted by atomic mass is 16.5. The zero-order chi connectivity index (χ0) is 12.5. The highest BCUT2D eigenvalue weighted by Gasteiger charge is 2.18. The summed E-state index contributed by atoms with van der Waals surface area (Å²) >= 11 is 0. The molecule has 0 unspecified atom stereocenters. The van der Waals surface area contributed by atoms with Crippen LogP contribution < -0.4 is 0 Å². The monoisotopic (exact) mass is 244 g/mol. The molecule has 1 aromatic heterocycles. The van der Waals surface area contributed by atoms with Gasteiger partial charge in [-0.25, -0.2) is 0 Å². The van der Waals surface area contributed by atoms with E-state index < -0.39 is 0 Å². The average Bonchev–Trinajstić information content (AvgIpc) is 2.80. The van der Waals surface area contributed by atoms with Crippen molar-refractivity contribution >= 4 is 16.8 Å². The second-order valence-corrected chi connectivity index (χ2v) is 4.34. The number of hydrogen-bond donors (Lipinski definition) is 1. The Bertz CT molecular complexity index is 585. The van der Waals surface area contributed by atoms with Crippen molar-refractivity contribution < 1.29 is 9.53 Å². The van der Waals surface area contributed by atoms with Gasteiger partial charge in [-0.1, -0.05) is 6.07 Å². The van der Waals surface area contributed by atoms with Gasteiger partial charge in [0, 0.05) is 24.0 Å². The lowest BCUT2D eigenvalue weighted by Crippen LogP contribution is -2.40. The average molecular weight is 244 g/mol. The third kappa shape index (κ3) is 1.86. The predicted molar refractivity (Wildman–Crippen MR) is 67.3 cm³/mol. The normalized spacial score (nSPS) is 16.2. The summed E-state index contributed by atoms with van der Waals surface area (Å²) in [7, 11) is 0. The molecule has 18 heavy (non-hydrogen) atoms. The maximum atomic E-state index is 12.3. The molecule has 0 saturated carbocycles. The molecule has 3 rings (SSSR count). The van der Waals surface area contributed by atoms with Gasteiger partial charge in [0.1, 0.15) is 0 Å². The Morgan fingerprint density at radius 3 is 2.94 bits per heavy atom. The Balaban J connectivity index is 1.91. The van der Waals surface area contributed by atoms with E-state index in [4.69, 9.17) is 4.74 Å². The van der Waals surface area contributed by atoms with Crippen LogP contribution in [0.1, 0.15) is 16.1 Å². The SMILES string of the molecule is [CH2]c1n[nH]c2cc(C(=O)N3CCOCC3)ccc12. The van der Waals surface area contributed by atoms with Crippen molar-refractivity contribution in [2.75, 3.05) is 26.3 Å². The summed E-state index contributed by atoms with van der Waals surface area (Å²) in [6, 6.07) is 5.54. The van der Waals surface area contributed by atoms with Crippen LogP contribution in [-0.4, -0.2) is 47.3 Å². The number of carbonyl (C=O) groups is 1. The van der Waals surface area contributed by atoms with E-state index in [-0.39, 0.29) is 5.91 Å².